The van der Waals surface area contributed by atoms with Gasteiger partial charge in [0.1, 0.15) is 6.61 Å². The number of benzene rings is 1. The van der Waals surface area contributed by atoms with Crippen molar-refractivity contribution >= 4 is 5.91 Å². The summed E-state index contributed by atoms with van der Waals surface area (Å²) >= 11 is 0. The molecule has 0 aliphatic heterocycles. The zero-order chi connectivity index (χ0) is 13.4. The number of carbonyl (C=O) groups is 1. The van der Waals surface area contributed by atoms with E-state index >= 15 is 0 Å². The lowest BCUT2D eigenvalue weighted by Crippen LogP contribution is -2.40. The minimum absolute atomic E-state index is 0.351. The lowest BCUT2D eigenvalue weighted by atomic mass is 10.3. The highest BCUT2D eigenvalue weighted by molar-refractivity contribution is 5.79. The van der Waals surface area contributed by atoms with Crippen LogP contribution in [-0.4, -0.2) is 31.7 Å². The zero-order valence-corrected chi connectivity index (χ0v) is 10.8. The highest BCUT2D eigenvalue weighted by Gasteiger charge is 2.07. The van der Waals surface area contributed by atoms with Crippen LogP contribution in [0.2, 0.25) is 0 Å². The summed E-state index contributed by atoms with van der Waals surface area (Å²) < 4.78 is 11.0. The normalized spacial score (nSPS) is 11.9. The van der Waals surface area contributed by atoms with E-state index in [1.54, 1.807) is 6.92 Å². The molecule has 100 valence electrons. The molecule has 1 aromatic carbocycles. The van der Waals surface area contributed by atoms with Crippen LogP contribution in [0.4, 0.5) is 0 Å². The summed E-state index contributed by atoms with van der Waals surface area (Å²) in [6.45, 7) is 5.23. The molecule has 1 atom stereocenters. The number of hydrogen-bond acceptors (Lipinski definition) is 4. The Kier molecular flexibility index (Phi) is 6.00. The molecule has 0 radical (unpaired) electrons. The number of amides is 1. The van der Waals surface area contributed by atoms with Gasteiger partial charge in [-0.25, -0.2) is 0 Å². The number of nitrogens with one attached hydrogen (secondary N) is 1. The van der Waals surface area contributed by atoms with E-state index in [2.05, 4.69) is 5.32 Å². The molecule has 1 rings (SSSR count). The second-order valence-electron chi connectivity index (χ2n) is 3.81. The van der Waals surface area contributed by atoms with Gasteiger partial charge in [-0.1, -0.05) is 12.1 Å². The highest BCUT2D eigenvalue weighted by Crippen LogP contribution is 2.25. The van der Waals surface area contributed by atoms with Gasteiger partial charge in [0, 0.05) is 6.54 Å². The summed E-state index contributed by atoms with van der Waals surface area (Å²) in [5.74, 6) is 1.06. The maximum atomic E-state index is 10.8. The van der Waals surface area contributed by atoms with Gasteiger partial charge in [-0.15, -0.1) is 0 Å². The molecule has 0 saturated carbocycles. The Bertz CT molecular complexity index is 382. The van der Waals surface area contributed by atoms with Crippen LogP contribution in [0, 0.1) is 0 Å². The quantitative estimate of drug-likeness (QED) is 0.675. The van der Waals surface area contributed by atoms with Crippen molar-refractivity contribution in [3.63, 3.8) is 0 Å². The van der Waals surface area contributed by atoms with Crippen molar-refractivity contribution in [2.75, 3.05) is 19.8 Å². The minimum Gasteiger partial charge on any atom is -0.490 e. The molecule has 0 aromatic heterocycles. The lowest BCUT2D eigenvalue weighted by Gasteiger charge is -2.13. The topological polar surface area (TPSA) is 73.6 Å². The van der Waals surface area contributed by atoms with Gasteiger partial charge in [0.15, 0.2) is 11.5 Å². The van der Waals surface area contributed by atoms with Crippen molar-refractivity contribution in [3.05, 3.63) is 24.3 Å². The van der Waals surface area contributed by atoms with E-state index in [1.165, 1.54) is 0 Å². The van der Waals surface area contributed by atoms with Crippen LogP contribution >= 0.6 is 0 Å². The molecule has 1 amide bonds. The van der Waals surface area contributed by atoms with Crippen molar-refractivity contribution in [2.24, 2.45) is 5.73 Å². The van der Waals surface area contributed by atoms with Gasteiger partial charge < -0.3 is 20.5 Å². The van der Waals surface area contributed by atoms with Gasteiger partial charge in [-0.3, -0.25) is 4.79 Å². The minimum atomic E-state index is -0.371. The fourth-order valence-electron chi connectivity index (χ4n) is 1.38. The summed E-state index contributed by atoms with van der Waals surface area (Å²) in [5.41, 5.74) is 5.13. The van der Waals surface area contributed by atoms with Crippen LogP contribution < -0.4 is 20.5 Å². The van der Waals surface area contributed by atoms with Gasteiger partial charge >= 0.3 is 0 Å². The lowest BCUT2D eigenvalue weighted by molar-refractivity contribution is -0.119. The number of hydrogen-bond donors (Lipinski definition) is 2. The summed E-state index contributed by atoms with van der Waals surface area (Å²) in [5, 5.41) is 2.96. The van der Waals surface area contributed by atoms with Crippen LogP contribution in [0.15, 0.2) is 24.3 Å². The molecule has 18 heavy (non-hydrogen) atoms. The number of primary amides is 1. The van der Waals surface area contributed by atoms with Crippen molar-refractivity contribution in [2.45, 2.75) is 19.9 Å². The molecule has 0 bridgehead atoms. The fraction of sp³-hybridized carbons (Fsp3) is 0.462. The number of ether oxygens (including phenoxy) is 2. The molecule has 0 heterocycles. The van der Waals surface area contributed by atoms with Gasteiger partial charge in [0.25, 0.3) is 0 Å². The van der Waals surface area contributed by atoms with Crippen LogP contribution in [0.1, 0.15) is 13.8 Å². The number of nitrogens with two attached hydrogens (primary N) is 1. The zero-order valence-electron chi connectivity index (χ0n) is 10.8. The summed E-state index contributed by atoms with van der Waals surface area (Å²) in [6, 6.07) is 7.14. The van der Waals surface area contributed by atoms with Crippen LogP contribution in [-0.2, 0) is 4.79 Å². The summed E-state index contributed by atoms with van der Waals surface area (Å²) in [7, 11) is 0. The van der Waals surface area contributed by atoms with E-state index in [0.717, 1.165) is 5.75 Å². The molecule has 0 aliphatic carbocycles. The second-order valence-corrected chi connectivity index (χ2v) is 3.81. The van der Waals surface area contributed by atoms with E-state index in [4.69, 9.17) is 15.2 Å². The summed E-state index contributed by atoms with van der Waals surface area (Å²) in [4.78, 5) is 10.8. The van der Waals surface area contributed by atoms with Gasteiger partial charge in [-0.2, -0.15) is 0 Å². The molecule has 1 aromatic rings. The van der Waals surface area contributed by atoms with Crippen molar-refractivity contribution < 1.29 is 14.3 Å². The van der Waals surface area contributed by atoms with Gasteiger partial charge in [0.2, 0.25) is 5.91 Å². The SMILES string of the molecule is CCOc1ccccc1OCCNC(C)C(N)=O. The standard InChI is InChI=1S/C13H20N2O3/c1-3-17-11-6-4-5-7-12(11)18-9-8-15-10(2)13(14)16/h4-7,10,15H,3,8-9H2,1-2H3,(H2,14,16). The first-order valence-electron chi connectivity index (χ1n) is 6.02. The van der Waals surface area contributed by atoms with E-state index in [9.17, 15) is 4.79 Å². The maximum absolute atomic E-state index is 10.8. The monoisotopic (exact) mass is 252 g/mol. The maximum Gasteiger partial charge on any atom is 0.234 e. The van der Waals surface area contributed by atoms with Crippen molar-refractivity contribution in [1.82, 2.24) is 5.32 Å². The van der Waals surface area contributed by atoms with Gasteiger partial charge in [-0.05, 0) is 26.0 Å². The van der Waals surface area contributed by atoms with Crippen LogP contribution in [0.5, 0.6) is 11.5 Å². The first-order valence-corrected chi connectivity index (χ1v) is 6.02. The van der Waals surface area contributed by atoms with Crippen LogP contribution in [0.25, 0.3) is 0 Å². The molecule has 3 N–H and O–H groups in total. The molecular formula is C13H20N2O3. The Balaban J connectivity index is 2.37. The molecular weight excluding hydrogens is 232 g/mol. The number of carbonyl (C=O) groups excluding carboxylic acids is 1. The first kappa shape index (κ1) is 14.3. The Morgan fingerprint density at radius 2 is 1.94 bits per heavy atom. The Labute approximate surface area is 107 Å². The molecule has 0 spiro atoms. The molecule has 0 saturated heterocycles. The molecule has 5 heteroatoms. The third kappa shape index (κ3) is 4.63. The largest absolute Gasteiger partial charge is 0.490 e. The Hall–Kier alpha value is -1.75. The predicted octanol–water partition coefficient (Wildman–Crippen LogP) is 0.927. The molecule has 5 nitrogen and oxygen atoms in total. The molecule has 0 fully saturated rings. The highest BCUT2D eigenvalue weighted by atomic mass is 16.5. The van der Waals surface area contributed by atoms with Crippen LogP contribution in [0.3, 0.4) is 0 Å². The third-order valence-electron chi connectivity index (χ3n) is 2.39. The van der Waals surface area contributed by atoms with Crippen molar-refractivity contribution in [3.8, 4) is 11.5 Å². The smallest absolute Gasteiger partial charge is 0.234 e. The average molecular weight is 252 g/mol. The van der Waals surface area contributed by atoms with Crippen molar-refractivity contribution in [1.29, 1.82) is 0 Å². The second kappa shape index (κ2) is 7.55. The first-order chi connectivity index (χ1) is 8.65. The molecule has 1 unspecified atom stereocenters. The average Bonchev–Trinajstić information content (AvgIpc) is 2.36. The third-order valence-corrected chi connectivity index (χ3v) is 2.39. The van der Waals surface area contributed by atoms with E-state index in [-0.39, 0.29) is 11.9 Å². The fourth-order valence-corrected chi connectivity index (χ4v) is 1.38. The van der Waals surface area contributed by atoms with E-state index < -0.39 is 0 Å². The Morgan fingerprint density at radius 3 is 2.50 bits per heavy atom. The van der Waals surface area contributed by atoms with E-state index in [1.807, 2.05) is 31.2 Å². The molecule has 0 aliphatic rings. The van der Waals surface area contributed by atoms with E-state index in [0.29, 0.717) is 25.5 Å². The number of para-hydroxylation sites is 2. The number of rotatable bonds is 8. The summed E-state index contributed by atoms with van der Waals surface area (Å²) in [6.07, 6.45) is 0. The predicted molar refractivity (Wildman–Crippen MR) is 69.8 cm³/mol. The van der Waals surface area contributed by atoms with Gasteiger partial charge in [0.05, 0.1) is 12.6 Å². The Morgan fingerprint density at radius 1 is 1.33 bits per heavy atom.